The van der Waals surface area contributed by atoms with Gasteiger partial charge in [0, 0.05) is 36.6 Å². The zero-order chi connectivity index (χ0) is 18.8. The number of pyridine rings is 1. The number of carbonyl (C=O) groups excluding carboxylic acids is 2. The molecule has 2 N–H and O–H groups in total. The molecular weight excluding hydrogens is 346 g/mol. The van der Waals surface area contributed by atoms with Crippen molar-refractivity contribution in [2.45, 2.75) is 6.42 Å². The van der Waals surface area contributed by atoms with Gasteiger partial charge in [0.25, 0.3) is 5.91 Å². The summed E-state index contributed by atoms with van der Waals surface area (Å²) in [5.74, 6) is -0.461. The summed E-state index contributed by atoms with van der Waals surface area (Å²) in [6, 6.07) is 11.4. The molecule has 2 amide bonds. The first-order valence-corrected chi connectivity index (χ1v) is 8.88. The minimum Gasteiger partial charge on any atom is -0.449 e. The Kier molecular flexibility index (Phi) is 4.50. The highest BCUT2D eigenvalue weighted by Crippen LogP contribution is 2.21. The molecule has 3 aromatic rings. The van der Waals surface area contributed by atoms with Gasteiger partial charge in [-0.1, -0.05) is 30.3 Å². The molecule has 1 aliphatic rings. The van der Waals surface area contributed by atoms with Crippen molar-refractivity contribution in [1.82, 2.24) is 15.2 Å². The lowest BCUT2D eigenvalue weighted by atomic mass is 10.0. The highest BCUT2D eigenvalue weighted by Gasteiger charge is 2.20. The highest BCUT2D eigenvalue weighted by molar-refractivity contribution is 6.07. The number of cyclic esters (lactones) is 1. The van der Waals surface area contributed by atoms with Gasteiger partial charge in [-0.15, -0.1) is 0 Å². The molecule has 1 aliphatic heterocycles. The minimum atomic E-state index is -0.461. The predicted octanol–water partition coefficient (Wildman–Crippen LogP) is 2.25. The van der Waals surface area contributed by atoms with E-state index in [1.165, 1.54) is 6.20 Å². The van der Waals surface area contributed by atoms with Crippen LogP contribution in [0.4, 0.5) is 4.79 Å². The molecule has 7 heteroatoms. The normalized spacial score (nSPS) is 14.4. The van der Waals surface area contributed by atoms with E-state index in [2.05, 4.69) is 10.3 Å². The van der Waals surface area contributed by atoms with Crippen LogP contribution in [0, 0.1) is 0 Å². The molecule has 0 spiro atoms. The molecule has 4 rings (SSSR count). The van der Waals surface area contributed by atoms with Gasteiger partial charge < -0.3 is 19.9 Å². The Balaban J connectivity index is 1.53. The molecule has 138 valence electrons. The second-order valence-corrected chi connectivity index (χ2v) is 6.45. The summed E-state index contributed by atoms with van der Waals surface area (Å²) in [4.78, 5) is 41.4. The molecule has 1 saturated heterocycles. The minimum absolute atomic E-state index is 0.0546. The van der Waals surface area contributed by atoms with Crippen LogP contribution in [0.5, 0.6) is 0 Å². The molecule has 0 saturated carbocycles. The van der Waals surface area contributed by atoms with Gasteiger partial charge in [-0.05, 0) is 17.9 Å². The number of ether oxygens (including phenoxy) is 1. The summed E-state index contributed by atoms with van der Waals surface area (Å²) in [5.41, 5.74) is 0.453. The van der Waals surface area contributed by atoms with Gasteiger partial charge in [0.05, 0.1) is 12.1 Å². The van der Waals surface area contributed by atoms with Crippen molar-refractivity contribution < 1.29 is 14.3 Å². The first-order chi connectivity index (χ1) is 13.1. The van der Waals surface area contributed by atoms with E-state index in [-0.39, 0.29) is 23.6 Å². The number of hydrogen-bond acceptors (Lipinski definition) is 4. The van der Waals surface area contributed by atoms with E-state index in [9.17, 15) is 14.4 Å². The van der Waals surface area contributed by atoms with E-state index in [1.54, 1.807) is 11.0 Å². The van der Waals surface area contributed by atoms with Gasteiger partial charge in [-0.3, -0.25) is 9.59 Å². The molecule has 2 aromatic carbocycles. The maximum atomic E-state index is 12.8. The Labute approximate surface area is 154 Å². The van der Waals surface area contributed by atoms with E-state index >= 15 is 0 Å². The lowest BCUT2D eigenvalue weighted by Crippen LogP contribution is -2.43. The van der Waals surface area contributed by atoms with Crippen molar-refractivity contribution in [3.63, 3.8) is 0 Å². The van der Waals surface area contributed by atoms with Crippen LogP contribution in [0.3, 0.4) is 0 Å². The van der Waals surface area contributed by atoms with Gasteiger partial charge in [0.2, 0.25) is 5.43 Å². The quantitative estimate of drug-likeness (QED) is 0.694. The first-order valence-electron chi connectivity index (χ1n) is 8.88. The maximum absolute atomic E-state index is 12.8. The van der Waals surface area contributed by atoms with E-state index < -0.39 is 5.91 Å². The number of carbonyl (C=O) groups is 2. The molecule has 0 atom stereocenters. The maximum Gasteiger partial charge on any atom is 0.409 e. The Hall–Kier alpha value is -3.35. The number of fused-ring (bicyclic) bond motifs is 3. The number of aromatic nitrogens is 1. The van der Waals surface area contributed by atoms with Gasteiger partial charge in [0.15, 0.2) is 0 Å². The van der Waals surface area contributed by atoms with Crippen LogP contribution in [0.25, 0.3) is 21.7 Å². The number of amides is 2. The summed E-state index contributed by atoms with van der Waals surface area (Å²) in [5, 5.41) is 5.13. The molecule has 0 bridgehead atoms. The molecule has 0 radical (unpaired) electrons. The van der Waals surface area contributed by atoms with Crippen molar-refractivity contribution >= 4 is 33.7 Å². The molecule has 7 nitrogen and oxygen atoms in total. The molecule has 27 heavy (non-hydrogen) atoms. The topological polar surface area (TPSA) is 91.5 Å². The Morgan fingerprint density at radius 2 is 2.00 bits per heavy atom. The molecule has 0 aliphatic carbocycles. The highest BCUT2D eigenvalue weighted by atomic mass is 16.6. The fraction of sp³-hybridized carbons (Fsp3) is 0.250. The van der Waals surface area contributed by atoms with Gasteiger partial charge in [-0.25, -0.2) is 4.79 Å². The van der Waals surface area contributed by atoms with E-state index in [0.717, 1.165) is 17.2 Å². The molecule has 2 heterocycles. The number of benzene rings is 2. The summed E-state index contributed by atoms with van der Waals surface area (Å²) in [6.07, 6.45) is 1.85. The van der Waals surface area contributed by atoms with Crippen LogP contribution in [-0.2, 0) is 4.74 Å². The summed E-state index contributed by atoms with van der Waals surface area (Å²) in [6.45, 7) is 1.64. The van der Waals surface area contributed by atoms with Crippen LogP contribution >= 0.6 is 0 Å². The standard InChI is InChI=1S/C20H19N3O4/c24-18-15-7-6-13-4-1-2-5-14(13)17(15)22-12-16(18)19(25)21-8-10-23-9-3-11-27-20(23)26/h1-2,4-7,12H,3,8-11H2,(H,21,25)(H,22,24). The summed E-state index contributed by atoms with van der Waals surface area (Å²) >= 11 is 0. The second-order valence-electron chi connectivity index (χ2n) is 6.45. The third-order valence-electron chi connectivity index (χ3n) is 4.75. The zero-order valence-corrected chi connectivity index (χ0v) is 14.7. The first kappa shape index (κ1) is 17.1. The van der Waals surface area contributed by atoms with Crippen molar-refractivity contribution in [2.24, 2.45) is 0 Å². The predicted molar refractivity (Wildman–Crippen MR) is 102 cm³/mol. The Morgan fingerprint density at radius 3 is 2.85 bits per heavy atom. The fourth-order valence-electron chi connectivity index (χ4n) is 3.34. The van der Waals surface area contributed by atoms with Gasteiger partial charge in [0.1, 0.15) is 5.56 Å². The molecule has 0 unspecified atom stereocenters. The number of rotatable bonds is 4. The average molecular weight is 365 g/mol. The van der Waals surface area contributed by atoms with Crippen LogP contribution in [0.1, 0.15) is 16.8 Å². The Bertz CT molecular complexity index is 1090. The number of H-pyrrole nitrogens is 1. The third-order valence-corrected chi connectivity index (χ3v) is 4.75. The lowest BCUT2D eigenvalue weighted by Gasteiger charge is -2.26. The number of nitrogens with one attached hydrogen (secondary N) is 2. The summed E-state index contributed by atoms with van der Waals surface area (Å²) in [7, 11) is 0. The third kappa shape index (κ3) is 3.23. The van der Waals surface area contributed by atoms with Crippen molar-refractivity contribution in [3.8, 4) is 0 Å². The van der Waals surface area contributed by atoms with Crippen LogP contribution < -0.4 is 10.7 Å². The number of nitrogens with zero attached hydrogens (tertiary/aromatic N) is 1. The van der Waals surface area contributed by atoms with E-state index in [1.807, 2.05) is 30.3 Å². The van der Waals surface area contributed by atoms with Crippen molar-refractivity contribution in [2.75, 3.05) is 26.2 Å². The van der Waals surface area contributed by atoms with Crippen LogP contribution in [-0.4, -0.2) is 48.1 Å². The van der Waals surface area contributed by atoms with Crippen molar-refractivity contribution in [3.05, 3.63) is 58.4 Å². The van der Waals surface area contributed by atoms with Crippen LogP contribution in [0.2, 0.25) is 0 Å². The monoisotopic (exact) mass is 365 g/mol. The van der Waals surface area contributed by atoms with E-state index in [0.29, 0.717) is 30.6 Å². The fourth-order valence-corrected chi connectivity index (χ4v) is 3.34. The number of aromatic amines is 1. The smallest absolute Gasteiger partial charge is 0.409 e. The average Bonchev–Trinajstić information content (AvgIpc) is 2.69. The van der Waals surface area contributed by atoms with E-state index in [4.69, 9.17) is 4.74 Å². The molecule has 1 aromatic heterocycles. The second kappa shape index (κ2) is 7.11. The van der Waals surface area contributed by atoms with Crippen molar-refractivity contribution in [1.29, 1.82) is 0 Å². The lowest BCUT2D eigenvalue weighted by molar-refractivity contribution is 0.0719. The largest absolute Gasteiger partial charge is 0.449 e. The molecular formula is C20H19N3O4. The number of hydrogen-bond donors (Lipinski definition) is 2. The Morgan fingerprint density at radius 1 is 1.15 bits per heavy atom. The van der Waals surface area contributed by atoms with Gasteiger partial charge >= 0.3 is 6.09 Å². The summed E-state index contributed by atoms with van der Waals surface area (Å²) < 4.78 is 4.95. The SMILES string of the molecule is O=C(NCCN1CCCOC1=O)c1c[nH]c2c(ccc3ccccc32)c1=O. The molecule has 1 fully saturated rings. The zero-order valence-electron chi connectivity index (χ0n) is 14.7. The van der Waals surface area contributed by atoms with Crippen LogP contribution in [0.15, 0.2) is 47.4 Å². The van der Waals surface area contributed by atoms with Gasteiger partial charge in [-0.2, -0.15) is 0 Å².